The number of aryl methyl sites for hydroxylation is 1. The molecule has 1 N–H and O–H groups in total. The summed E-state index contributed by atoms with van der Waals surface area (Å²) < 4.78 is 5.33. The average molecular weight is 254 g/mol. The Bertz CT molecular complexity index is 612. The van der Waals surface area contributed by atoms with E-state index in [-0.39, 0.29) is 0 Å². The summed E-state index contributed by atoms with van der Waals surface area (Å²) in [5, 5.41) is 0. The van der Waals surface area contributed by atoms with E-state index in [2.05, 4.69) is 29.0 Å². The first-order valence-electron chi connectivity index (χ1n) is 6.61. The molecule has 0 spiro atoms. The number of aromatic amines is 1. The summed E-state index contributed by atoms with van der Waals surface area (Å²) in [5.74, 6) is 0.931. The number of rotatable bonds is 3. The Hall–Kier alpha value is -2.03. The van der Waals surface area contributed by atoms with Gasteiger partial charge in [0.2, 0.25) is 0 Å². The maximum atomic E-state index is 5.33. The second-order valence-electron chi connectivity index (χ2n) is 5.01. The van der Waals surface area contributed by atoms with E-state index in [0.717, 1.165) is 25.0 Å². The Morgan fingerprint density at radius 1 is 1.32 bits per heavy atom. The van der Waals surface area contributed by atoms with Gasteiger partial charge in [-0.3, -0.25) is 0 Å². The molecule has 98 valence electrons. The quantitative estimate of drug-likeness (QED) is 0.911. The molecule has 1 aromatic heterocycles. The van der Waals surface area contributed by atoms with Gasteiger partial charge in [0, 0.05) is 18.3 Å². The number of nitrogens with one attached hydrogen (secondary N) is 1. The molecule has 0 radical (unpaired) electrons. The van der Waals surface area contributed by atoms with E-state index in [9.17, 15) is 0 Å². The molecule has 19 heavy (non-hydrogen) atoms. The van der Waals surface area contributed by atoms with Crippen LogP contribution >= 0.6 is 0 Å². The van der Waals surface area contributed by atoms with Crippen molar-refractivity contribution in [3.05, 3.63) is 53.1 Å². The van der Waals surface area contributed by atoms with Crippen molar-refractivity contribution in [1.29, 1.82) is 0 Å². The number of benzene rings is 1. The van der Waals surface area contributed by atoms with Gasteiger partial charge in [0.25, 0.3) is 0 Å². The van der Waals surface area contributed by atoms with Crippen LogP contribution in [0.1, 0.15) is 30.2 Å². The predicted molar refractivity (Wildman–Crippen MR) is 76.2 cm³/mol. The minimum Gasteiger partial charge on any atom is -0.497 e. The Balaban J connectivity index is 1.97. The lowest BCUT2D eigenvalue weighted by atomic mass is 9.84. The van der Waals surface area contributed by atoms with E-state index in [4.69, 9.17) is 4.74 Å². The summed E-state index contributed by atoms with van der Waals surface area (Å²) in [6.45, 7) is 2.21. The molecule has 0 saturated heterocycles. The standard InChI is InChI=1S/C16H18N2O/c1-11-13(7-14-9-17-10-18-14)4-3-12-5-6-15(19-2)8-16(11)12/h5-6,8-10H,3-4,7H2,1-2H3,(H,17,18). The average Bonchev–Trinajstić information content (AvgIpc) is 2.95. The minimum absolute atomic E-state index is 0.931. The fourth-order valence-corrected chi connectivity index (χ4v) is 2.75. The van der Waals surface area contributed by atoms with Crippen molar-refractivity contribution in [3.8, 4) is 5.75 Å². The number of nitrogens with zero attached hydrogens (tertiary/aromatic N) is 1. The maximum Gasteiger partial charge on any atom is 0.119 e. The van der Waals surface area contributed by atoms with E-state index in [1.165, 1.54) is 28.0 Å². The zero-order valence-corrected chi connectivity index (χ0v) is 11.4. The van der Waals surface area contributed by atoms with Crippen LogP contribution in [-0.2, 0) is 12.8 Å². The summed E-state index contributed by atoms with van der Waals surface area (Å²) in [4.78, 5) is 7.27. The van der Waals surface area contributed by atoms with Crippen LogP contribution < -0.4 is 4.74 Å². The topological polar surface area (TPSA) is 37.9 Å². The number of fused-ring (bicyclic) bond motifs is 1. The van der Waals surface area contributed by atoms with E-state index >= 15 is 0 Å². The Labute approximate surface area is 113 Å². The molecule has 0 aliphatic heterocycles. The van der Waals surface area contributed by atoms with Gasteiger partial charge < -0.3 is 9.72 Å². The van der Waals surface area contributed by atoms with Gasteiger partial charge in [-0.15, -0.1) is 0 Å². The number of hydrogen-bond acceptors (Lipinski definition) is 2. The maximum absolute atomic E-state index is 5.33. The third-order valence-corrected chi connectivity index (χ3v) is 3.91. The highest BCUT2D eigenvalue weighted by Crippen LogP contribution is 2.34. The molecular weight excluding hydrogens is 236 g/mol. The summed E-state index contributed by atoms with van der Waals surface area (Å²) in [5.41, 5.74) is 6.81. The second kappa shape index (κ2) is 4.92. The van der Waals surface area contributed by atoms with Crippen LogP contribution in [0.5, 0.6) is 5.75 Å². The molecule has 1 aromatic carbocycles. The SMILES string of the molecule is COc1ccc2c(c1)C(C)=C(Cc1cnc[nH]1)CC2. The van der Waals surface area contributed by atoms with E-state index < -0.39 is 0 Å². The molecule has 1 aliphatic carbocycles. The Morgan fingerprint density at radius 2 is 2.21 bits per heavy atom. The summed E-state index contributed by atoms with van der Waals surface area (Å²) in [6.07, 6.45) is 6.85. The molecule has 3 heteroatoms. The molecular formula is C16H18N2O. The highest BCUT2D eigenvalue weighted by Gasteiger charge is 2.17. The van der Waals surface area contributed by atoms with Crippen LogP contribution in [0, 0.1) is 0 Å². The number of aromatic nitrogens is 2. The van der Waals surface area contributed by atoms with Crippen molar-refractivity contribution in [2.75, 3.05) is 7.11 Å². The molecule has 0 atom stereocenters. The smallest absolute Gasteiger partial charge is 0.119 e. The molecule has 0 bridgehead atoms. The molecule has 0 amide bonds. The first-order valence-corrected chi connectivity index (χ1v) is 6.61. The highest BCUT2D eigenvalue weighted by atomic mass is 16.5. The van der Waals surface area contributed by atoms with Crippen LogP contribution in [0.4, 0.5) is 0 Å². The van der Waals surface area contributed by atoms with Crippen LogP contribution in [0.25, 0.3) is 5.57 Å². The Morgan fingerprint density at radius 3 is 2.95 bits per heavy atom. The van der Waals surface area contributed by atoms with Crippen molar-refractivity contribution < 1.29 is 4.74 Å². The monoisotopic (exact) mass is 254 g/mol. The molecule has 3 nitrogen and oxygen atoms in total. The largest absolute Gasteiger partial charge is 0.497 e. The zero-order chi connectivity index (χ0) is 13.2. The number of H-pyrrole nitrogens is 1. The molecule has 0 saturated carbocycles. The van der Waals surface area contributed by atoms with Crippen molar-refractivity contribution in [2.24, 2.45) is 0 Å². The van der Waals surface area contributed by atoms with Gasteiger partial charge in [0.05, 0.1) is 13.4 Å². The summed E-state index contributed by atoms with van der Waals surface area (Å²) in [6, 6.07) is 6.38. The van der Waals surface area contributed by atoms with Crippen molar-refractivity contribution in [3.63, 3.8) is 0 Å². The molecule has 3 rings (SSSR count). The number of ether oxygens (including phenoxy) is 1. The first-order chi connectivity index (χ1) is 9.28. The zero-order valence-electron chi connectivity index (χ0n) is 11.4. The normalized spacial score (nSPS) is 14.4. The lowest BCUT2D eigenvalue weighted by Crippen LogP contribution is -2.06. The molecule has 2 aromatic rings. The van der Waals surface area contributed by atoms with Gasteiger partial charge in [-0.2, -0.15) is 0 Å². The van der Waals surface area contributed by atoms with Crippen LogP contribution in [0.15, 0.2) is 36.3 Å². The third kappa shape index (κ3) is 2.28. The van der Waals surface area contributed by atoms with E-state index in [1.807, 2.05) is 12.3 Å². The number of hydrogen-bond donors (Lipinski definition) is 1. The van der Waals surface area contributed by atoms with Crippen LogP contribution in [0.2, 0.25) is 0 Å². The molecule has 1 aliphatic rings. The van der Waals surface area contributed by atoms with E-state index in [1.54, 1.807) is 13.4 Å². The summed E-state index contributed by atoms with van der Waals surface area (Å²) >= 11 is 0. The fraction of sp³-hybridized carbons (Fsp3) is 0.312. The van der Waals surface area contributed by atoms with Gasteiger partial charge in [0.15, 0.2) is 0 Å². The van der Waals surface area contributed by atoms with Gasteiger partial charge in [0.1, 0.15) is 5.75 Å². The minimum atomic E-state index is 0.931. The molecule has 1 heterocycles. The van der Waals surface area contributed by atoms with Crippen molar-refractivity contribution in [1.82, 2.24) is 9.97 Å². The van der Waals surface area contributed by atoms with Gasteiger partial charge in [-0.05, 0) is 48.6 Å². The number of imidazole rings is 1. The predicted octanol–water partition coefficient (Wildman–Crippen LogP) is 3.38. The highest BCUT2D eigenvalue weighted by molar-refractivity contribution is 5.73. The summed E-state index contributed by atoms with van der Waals surface area (Å²) in [7, 11) is 1.72. The first kappa shape index (κ1) is 12.0. The van der Waals surface area contributed by atoms with E-state index in [0.29, 0.717) is 0 Å². The van der Waals surface area contributed by atoms with Gasteiger partial charge >= 0.3 is 0 Å². The number of methoxy groups -OCH3 is 1. The van der Waals surface area contributed by atoms with Crippen molar-refractivity contribution in [2.45, 2.75) is 26.2 Å². The molecule has 0 fully saturated rings. The molecule has 0 unspecified atom stereocenters. The van der Waals surface area contributed by atoms with Crippen molar-refractivity contribution >= 4 is 5.57 Å². The van der Waals surface area contributed by atoms with Gasteiger partial charge in [-0.1, -0.05) is 11.6 Å². The fourth-order valence-electron chi connectivity index (χ4n) is 2.75. The Kier molecular flexibility index (Phi) is 3.11. The third-order valence-electron chi connectivity index (χ3n) is 3.91. The second-order valence-corrected chi connectivity index (χ2v) is 5.01. The lowest BCUT2D eigenvalue weighted by Gasteiger charge is -2.21. The van der Waals surface area contributed by atoms with Gasteiger partial charge in [-0.25, -0.2) is 4.98 Å². The number of allylic oxidation sites excluding steroid dienone is 2. The lowest BCUT2D eigenvalue weighted by molar-refractivity contribution is 0.414. The van der Waals surface area contributed by atoms with Crippen LogP contribution in [0.3, 0.4) is 0 Å². The van der Waals surface area contributed by atoms with Crippen LogP contribution in [-0.4, -0.2) is 17.1 Å².